The van der Waals surface area contributed by atoms with Gasteiger partial charge in [-0.3, -0.25) is 4.79 Å². The highest BCUT2D eigenvalue weighted by Crippen LogP contribution is 2.40. The first-order valence-electron chi connectivity index (χ1n) is 6.84. The van der Waals surface area contributed by atoms with Gasteiger partial charge in [0.25, 0.3) is 0 Å². The van der Waals surface area contributed by atoms with E-state index >= 15 is 0 Å². The number of anilines is 1. The molecule has 1 aromatic carbocycles. The van der Waals surface area contributed by atoms with Crippen molar-refractivity contribution in [2.45, 2.75) is 45.9 Å². The molecule has 0 aromatic heterocycles. The van der Waals surface area contributed by atoms with E-state index in [2.05, 4.69) is 0 Å². The smallest absolute Gasteiger partial charge is 0.417 e. The summed E-state index contributed by atoms with van der Waals surface area (Å²) in [6.07, 6.45) is -0.595. The molecule has 1 unspecified atom stereocenters. The number of nitrogens with zero attached hydrogens (tertiary/aromatic N) is 1. The maximum Gasteiger partial charge on any atom is 0.417 e. The van der Waals surface area contributed by atoms with E-state index in [0.717, 1.165) is 5.56 Å². The van der Waals surface area contributed by atoms with Gasteiger partial charge in [0, 0.05) is 12.7 Å². The van der Waals surface area contributed by atoms with E-state index in [9.17, 15) is 9.59 Å². The Morgan fingerprint density at radius 2 is 1.90 bits per heavy atom. The molecule has 0 saturated heterocycles. The summed E-state index contributed by atoms with van der Waals surface area (Å²) >= 11 is 0. The van der Waals surface area contributed by atoms with Crippen LogP contribution < -0.4 is 4.90 Å². The Balaban J connectivity index is 2.53. The first-order valence-corrected chi connectivity index (χ1v) is 6.84. The second-order valence-electron chi connectivity index (χ2n) is 6.35. The molecule has 1 aliphatic rings. The van der Waals surface area contributed by atoms with E-state index in [0.29, 0.717) is 11.3 Å². The minimum absolute atomic E-state index is 0.241. The molecule has 114 valence electrons. The number of carbonyl (C=O) groups excluding carboxylic acids is 2. The van der Waals surface area contributed by atoms with Gasteiger partial charge < -0.3 is 9.47 Å². The Morgan fingerprint density at radius 3 is 2.43 bits per heavy atom. The number of rotatable bonds is 1. The monoisotopic (exact) mass is 291 g/mol. The minimum Gasteiger partial charge on any atom is -0.443 e. The number of aryl methyl sites for hydroxylation is 1. The van der Waals surface area contributed by atoms with Gasteiger partial charge >= 0.3 is 6.09 Å². The minimum atomic E-state index is -1.38. The zero-order valence-corrected chi connectivity index (χ0v) is 13.3. The van der Waals surface area contributed by atoms with Crippen LogP contribution in [0.25, 0.3) is 0 Å². The van der Waals surface area contributed by atoms with Gasteiger partial charge in [-0.05, 0) is 46.8 Å². The van der Waals surface area contributed by atoms with Crippen LogP contribution in [-0.2, 0) is 9.47 Å². The fraction of sp³-hybridized carbons (Fsp3) is 0.500. The molecular formula is C16H21NO4. The number of fused-ring (bicyclic) bond motifs is 1. The highest BCUT2D eigenvalue weighted by molar-refractivity contribution is 6.18. The van der Waals surface area contributed by atoms with E-state index in [1.165, 1.54) is 12.0 Å². The van der Waals surface area contributed by atoms with Crippen molar-refractivity contribution in [2.24, 2.45) is 0 Å². The molecule has 0 radical (unpaired) electrons. The normalized spacial score (nSPS) is 21.4. The predicted molar refractivity (Wildman–Crippen MR) is 79.6 cm³/mol. The number of Topliss-reactive ketones (excluding diaryl/α,β-unsaturated/α-hetero) is 1. The van der Waals surface area contributed by atoms with Gasteiger partial charge in [0.05, 0.1) is 5.69 Å². The number of hydrogen-bond donors (Lipinski definition) is 0. The number of ether oxygens (including phenoxy) is 2. The zero-order chi connectivity index (χ0) is 16.0. The number of carbonyl (C=O) groups is 2. The van der Waals surface area contributed by atoms with Gasteiger partial charge in [0.1, 0.15) is 5.60 Å². The molecule has 5 heteroatoms. The number of benzene rings is 1. The van der Waals surface area contributed by atoms with Crippen molar-refractivity contribution in [1.82, 2.24) is 0 Å². The van der Waals surface area contributed by atoms with E-state index in [1.807, 2.05) is 13.0 Å². The third kappa shape index (κ3) is 2.53. The molecule has 1 heterocycles. The predicted octanol–water partition coefficient (Wildman–Crippen LogP) is 3.30. The summed E-state index contributed by atoms with van der Waals surface area (Å²) in [6, 6.07) is 5.36. The van der Waals surface area contributed by atoms with Gasteiger partial charge in [-0.25, -0.2) is 9.69 Å². The summed E-state index contributed by atoms with van der Waals surface area (Å²) in [5.41, 5.74) is -0.0817. The van der Waals surface area contributed by atoms with Crippen molar-refractivity contribution in [2.75, 3.05) is 12.0 Å². The summed E-state index contributed by atoms with van der Waals surface area (Å²) in [5.74, 6) is -0.241. The molecular weight excluding hydrogens is 270 g/mol. The van der Waals surface area contributed by atoms with Gasteiger partial charge in [-0.1, -0.05) is 11.6 Å². The molecule has 1 aromatic rings. The maximum absolute atomic E-state index is 12.6. The van der Waals surface area contributed by atoms with Gasteiger partial charge in [-0.2, -0.15) is 0 Å². The van der Waals surface area contributed by atoms with Crippen molar-refractivity contribution in [3.8, 4) is 0 Å². The molecule has 5 nitrogen and oxygen atoms in total. The van der Waals surface area contributed by atoms with Crippen molar-refractivity contribution in [3.05, 3.63) is 29.3 Å². The van der Waals surface area contributed by atoms with Crippen LogP contribution in [0, 0.1) is 6.92 Å². The first-order chi connectivity index (χ1) is 9.60. The van der Waals surface area contributed by atoms with Gasteiger partial charge in [0.2, 0.25) is 11.5 Å². The Labute approximate surface area is 124 Å². The van der Waals surface area contributed by atoms with Gasteiger partial charge in [-0.15, -0.1) is 0 Å². The molecule has 0 N–H and O–H groups in total. The SMILES string of the molecule is COC1(C)C(=O)c2cc(C)ccc2N1C(=O)OC(C)(C)C. The Kier molecular flexibility index (Phi) is 3.58. The molecule has 2 rings (SSSR count). The van der Waals surface area contributed by atoms with Crippen LogP contribution in [0.5, 0.6) is 0 Å². The lowest BCUT2D eigenvalue weighted by molar-refractivity contribution is 0.00330. The molecule has 0 aliphatic carbocycles. The highest BCUT2D eigenvalue weighted by atomic mass is 16.6. The third-order valence-corrected chi connectivity index (χ3v) is 3.46. The molecule has 1 amide bonds. The van der Waals surface area contributed by atoms with Crippen molar-refractivity contribution in [3.63, 3.8) is 0 Å². The van der Waals surface area contributed by atoms with E-state index < -0.39 is 17.4 Å². The number of methoxy groups -OCH3 is 1. The lowest BCUT2D eigenvalue weighted by Gasteiger charge is -2.33. The maximum atomic E-state index is 12.6. The van der Waals surface area contributed by atoms with Crippen LogP contribution in [0.3, 0.4) is 0 Å². The Bertz CT molecular complexity index is 603. The molecule has 1 aliphatic heterocycles. The fourth-order valence-electron chi connectivity index (χ4n) is 2.37. The molecule has 0 fully saturated rings. The summed E-state index contributed by atoms with van der Waals surface area (Å²) in [5, 5.41) is 0. The fourth-order valence-corrected chi connectivity index (χ4v) is 2.37. The summed E-state index contributed by atoms with van der Waals surface area (Å²) in [7, 11) is 1.41. The highest BCUT2D eigenvalue weighted by Gasteiger charge is 2.52. The topological polar surface area (TPSA) is 55.8 Å². The Morgan fingerprint density at radius 1 is 1.29 bits per heavy atom. The largest absolute Gasteiger partial charge is 0.443 e. The van der Waals surface area contributed by atoms with Crippen molar-refractivity contribution < 1.29 is 19.1 Å². The first kappa shape index (κ1) is 15.5. The van der Waals surface area contributed by atoms with Crippen molar-refractivity contribution >= 4 is 17.6 Å². The molecule has 0 spiro atoms. The van der Waals surface area contributed by atoms with Crippen LogP contribution in [0.2, 0.25) is 0 Å². The lowest BCUT2D eigenvalue weighted by atomic mass is 10.0. The van der Waals surface area contributed by atoms with Gasteiger partial charge in [0.15, 0.2) is 0 Å². The summed E-state index contributed by atoms with van der Waals surface area (Å²) in [6.45, 7) is 8.82. The average Bonchev–Trinajstić information content (AvgIpc) is 2.58. The third-order valence-electron chi connectivity index (χ3n) is 3.46. The lowest BCUT2D eigenvalue weighted by Crippen LogP contribution is -2.53. The van der Waals surface area contributed by atoms with E-state index in [-0.39, 0.29) is 5.78 Å². The quantitative estimate of drug-likeness (QED) is 0.796. The van der Waals surface area contributed by atoms with Crippen LogP contribution in [0.4, 0.5) is 10.5 Å². The second kappa shape index (κ2) is 4.84. The number of ketones is 1. The Hall–Kier alpha value is -1.88. The molecule has 0 bridgehead atoms. The van der Waals surface area contributed by atoms with E-state index in [4.69, 9.17) is 9.47 Å². The average molecular weight is 291 g/mol. The summed E-state index contributed by atoms with van der Waals surface area (Å²) in [4.78, 5) is 26.4. The van der Waals surface area contributed by atoms with E-state index in [1.54, 1.807) is 39.8 Å². The van der Waals surface area contributed by atoms with Crippen molar-refractivity contribution in [1.29, 1.82) is 0 Å². The van der Waals surface area contributed by atoms with Crippen LogP contribution >= 0.6 is 0 Å². The number of hydrogen-bond acceptors (Lipinski definition) is 4. The zero-order valence-electron chi connectivity index (χ0n) is 13.3. The van der Waals surface area contributed by atoms with Crippen LogP contribution in [0.1, 0.15) is 43.6 Å². The summed E-state index contributed by atoms with van der Waals surface area (Å²) < 4.78 is 10.8. The standard InChI is InChI=1S/C16H21NO4/c1-10-7-8-12-11(9-10)13(18)16(5,20-6)17(12)14(19)21-15(2,3)4/h7-9H,1-6H3. The number of amides is 1. The van der Waals surface area contributed by atoms with Crippen LogP contribution in [0.15, 0.2) is 18.2 Å². The molecule has 0 saturated carbocycles. The molecule has 21 heavy (non-hydrogen) atoms. The molecule has 1 atom stereocenters. The second-order valence-corrected chi connectivity index (χ2v) is 6.35. The van der Waals surface area contributed by atoms with Crippen LogP contribution in [-0.4, -0.2) is 30.3 Å².